The van der Waals surface area contributed by atoms with Gasteiger partial charge >= 0.3 is 0 Å². The van der Waals surface area contributed by atoms with Gasteiger partial charge in [-0.2, -0.15) is 4.98 Å². The maximum Gasteiger partial charge on any atom is 0.224 e. The van der Waals surface area contributed by atoms with Crippen molar-refractivity contribution in [2.45, 2.75) is 33.3 Å². The summed E-state index contributed by atoms with van der Waals surface area (Å²) in [6.07, 6.45) is 0. The number of halogens is 1. The Kier molecular flexibility index (Phi) is 5.53. The van der Waals surface area contributed by atoms with Gasteiger partial charge in [-0.3, -0.25) is 0 Å². The van der Waals surface area contributed by atoms with E-state index in [0.717, 1.165) is 5.75 Å². The molecule has 0 atom stereocenters. The van der Waals surface area contributed by atoms with Crippen molar-refractivity contribution in [3.63, 3.8) is 0 Å². The Morgan fingerprint density at radius 2 is 2.00 bits per heavy atom. The quantitative estimate of drug-likeness (QED) is 0.733. The predicted molar refractivity (Wildman–Crippen MR) is 83.0 cm³/mol. The number of hydrogen-bond acceptors (Lipinski definition) is 4. The van der Waals surface area contributed by atoms with Gasteiger partial charge in [-0.1, -0.05) is 37.6 Å². The van der Waals surface area contributed by atoms with Crippen LogP contribution in [0.15, 0.2) is 30.3 Å². The summed E-state index contributed by atoms with van der Waals surface area (Å²) in [7, 11) is 0. The molecule has 1 aromatic carbocycles. The van der Waals surface area contributed by atoms with Crippen LogP contribution < -0.4 is 4.74 Å². The third-order valence-corrected chi connectivity index (χ3v) is 3.09. The van der Waals surface area contributed by atoms with Crippen LogP contribution in [-0.2, 0) is 11.3 Å². The molecule has 2 rings (SSSR count). The van der Waals surface area contributed by atoms with E-state index < -0.39 is 0 Å². The minimum absolute atomic E-state index is 0.319. The molecular formula is C16H19ClN2O2. The van der Waals surface area contributed by atoms with Crippen molar-refractivity contribution in [3.05, 3.63) is 46.9 Å². The zero-order valence-electron chi connectivity index (χ0n) is 12.5. The van der Waals surface area contributed by atoms with E-state index in [9.17, 15) is 0 Å². The molecule has 0 amide bonds. The average molecular weight is 307 g/mol. The van der Waals surface area contributed by atoms with Crippen LogP contribution in [0.1, 0.15) is 38.1 Å². The first kappa shape index (κ1) is 15.7. The smallest absolute Gasteiger partial charge is 0.224 e. The molecule has 0 unspecified atom stereocenters. The van der Waals surface area contributed by atoms with Crippen LogP contribution in [0.25, 0.3) is 0 Å². The van der Waals surface area contributed by atoms with Crippen molar-refractivity contribution in [1.29, 1.82) is 0 Å². The molecule has 1 heterocycles. The summed E-state index contributed by atoms with van der Waals surface area (Å²) in [6, 6.07) is 9.53. The van der Waals surface area contributed by atoms with Crippen LogP contribution in [0.2, 0.25) is 5.15 Å². The first-order valence-electron chi connectivity index (χ1n) is 6.97. The van der Waals surface area contributed by atoms with E-state index in [4.69, 9.17) is 21.1 Å². The maximum atomic E-state index is 5.99. The largest absolute Gasteiger partial charge is 0.439 e. The molecule has 0 fully saturated rings. The van der Waals surface area contributed by atoms with Gasteiger partial charge in [-0.05, 0) is 30.5 Å². The molecule has 21 heavy (non-hydrogen) atoms. The highest BCUT2D eigenvalue weighted by molar-refractivity contribution is 6.29. The lowest BCUT2D eigenvalue weighted by molar-refractivity contribution is 0.128. The Bertz CT molecular complexity index is 603. The number of nitrogens with zero attached hydrogens (tertiary/aromatic N) is 2. The Balaban J connectivity index is 2.18. The van der Waals surface area contributed by atoms with Crippen LogP contribution in [0, 0.1) is 0 Å². The number of hydrogen-bond donors (Lipinski definition) is 0. The zero-order valence-corrected chi connectivity index (χ0v) is 13.2. The Labute approximate surface area is 130 Å². The van der Waals surface area contributed by atoms with Crippen molar-refractivity contribution >= 4 is 11.6 Å². The molecular weight excluding hydrogens is 288 g/mol. The molecule has 0 spiro atoms. The van der Waals surface area contributed by atoms with Crippen molar-refractivity contribution in [3.8, 4) is 11.6 Å². The summed E-state index contributed by atoms with van der Waals surface area (Å²) in [6.45, 7) is 7.11. The van der Waals surface area contributed by atoms with Gasteiger partial charge in [0.2, 0.25) is 5.88 Å². The van der Waals surface area contributed by atoms with Gasteiger partial charge in [0.25, 0.3) is 0 Å². The minimum atomic E-state index is 0.319. The number of rotatable bonds is 6. The fraction of sp³-hybridized carbons (Fsp3) is 0.375. The third kappa shape index (κ3) is 4.69. The summed E-state index contributed by atoms with van der Waals surface area (Å²) in [5, 5.41) is 0.342. The molecule has 0 aliphatic carbocycles. The highest BCUT2D eigenvalue weighted by Gasteiger charge is 2.07. The molecule has 0 aliphatic rings. The van der Waals surface area contributed by atoms with Crippen molar-refractivity contribution in [2.75, 3.05) is 6.61 Å². The second kappa shape index (κ2) is 7.38. The van der Waals surface area contributed by atoms with Gasteiger partial charge < -0.3 is 9.47 Å². The van der Waals surface area contributed by atoms with E-state index in [0.29, 0.717) is 36.0 Å². The predicted octanol–water partition coefficient (Wildman–Crippen LogP) is 4.58. The van der Waals surface area contributed by atoms with Crippen LogP contribution in [-0.4, -0.2) is 16.6 Å². The van der Waals surface area contributed by atoms with Gasteiger partial charge in [0.1, 0.15) is 17.5 Å². The first-order valence-corrected chi connectivity index (χ1v) is 7.35. The Morgan fingerprint density at radius 3 is 2.71 bits per heavy atom. The highest BCUT2D eigenvalue weighted by atomic mass is 35.5. The van der Waals surface area contributed by atoms with Crippen molar-refractivity contribution < 1.29 is 9.47 Å². The topological polar surface area (TPSA) is 44.2 Å². The average Bonchev–Trinajstić information content (AvgIpc) is 2.45. The van der Waals surface area contributed by atoms with Gasteiger partial charge in [0.15, 0.2) is 5.82 Å². The lowest BCUT2D eigenvalue weighted by Crippen LogP contribution is -2.01. The lowest BCUT2D eigenvalue weighted by atomic mass is 10.0. The highest BCUT2D eigenvalue weighted by Crippen LogP contribution is 2.25. The maximum absolute atomic E-state index is 5.99. The monoisotopic (exact) mass is 306 g/mol. The van der Waals surface area contributed by atoms with Gasteiger partial charge in [0.05, 0.1) is 0 Å². The standard InChI is InChI=1S/C16H19ClN2O2/c1-4-20-10-15-18-14(17)9-16(19-15)21-13-7-5-6-12(8-13)11(2)3/h5-9,11H,4,10H2,1-3H3. The van der Waals surface area contributed by atoms with E-state index in [1.807, 2.05) is 25.1 Å². The normalized spacial score (nSPS) is 10.9. The summed E-state index contributed by atoms with van der Waals surface area (Å²) in [5.41, 5.74) is 1.21. The number of ether oxygens (including phenoxy) is 2. The molecule has 4 nitrogen and oxygen atoms in total. The molecule has 112 valence electrons. The summed E-state index contributed by atoms with van der Waals surface area (Å²) >= 11 is 5.99. The number of aromatic nitrogens is 2. The van der Waals surface area contributed by atoms with E-state index in [1.54, 1.807) is 6.07 Å². The molecule has 0 radical (unpaired) electrons. The minimum Gasteiger partial charge on any atom is -0.439 e. The van der Waals surface area contributed by atoms with E-state index in [1.165, 1.54) is 5.56 Å². The van der Waals surface area contributed by atoms with Crippen molar-refractivity contribution in [2.24, 2.45) is 0 Å². The Morgan fingerprint density at radius 1 is 1.19 bits per heavy atom. The lowest BCUT2D eigenvalue weighted by Gasteiger charge is -2.10. The SMILES string of the molecule is CCOCc1nc(Cl)cc(Oc2cccc(C(C)C)c2)n1. The molecule has 0 bridgehead atoms. The van der Waals surface area contributed by atoms with Crippen LogP contribution in [0.5, 0.6) is 11.6 Å². The van der Waals surface area contributed by atoms with Crippen LogP contribution >= 0.6 is 11.6 Å². The first-order chi connectivity index (χ1) is 10.1. The van der Waals surface area contributed by atoms with Crippen LogP contribution in [0.3, 0.4) is 0 Å². The summed E-state index contributed by atoms with van der Waals surface area (Å²) in [4.78, 5) is 8.41. The van der Waals surface area contributed by atoms with E-state index in [-0.39, 0.29) is 0 Å². The second-order valence-corrected chi connectivity index (χ2v) is 5.30. The zero-order chi connectivity index (χ0) is 15.2. The molecule has 2 aromatic rings. The summed E-state index contributed by atoms with van der Waals surface area (Å²) < 4.78 is 11.1. The molecule has 1 aromatic heterocycles. The Hall–Kier alpha value is -1.65. The van der Waals surface area contributed by atoms with Crippen molar-refractivity contribution in [1.82, 2.24) is 9.97 Å². The molecule has 0 saturated carbocycles. The van der Waals surface area contributed by atoms with E-state index in [2.05, 4.69) is 29.9 Å². The molecule has 0 saturated heterocycles. The third-order valence-electron chi connectivity index (χ3n) is 2.90. The molecule has 0 N–H and O–H groups in total. The van der Waals surface area contributed by atoms with E-state index >= 15 is 0 Å². The molecule has 5 heteroatoms. The summed E-state index contributed by atoms with van der Waals surface area (Å²) in [5.74, 6) is 2.11. The van der Waals surface area contributed by atoms with Gasteiger partial charge in [-0.15, -0.1) is 0 Å². The van der Waals surface area contributed by atoms with Gasteiger partial charge in [-0.25, -0.2) is 4.98 Å². The molecule has 0 aliphatic heterocycles. The van der Waals surface area contributed by atoms with Gasteiger partial charge in [0, 0.05) is 12.7 Å². The fourth-order valence-corrected chi connectivity index (χ4v) is 2.00. The second-order valence-electron chi connectivity index (χ2n) is 4.91. The fourth-order valence-electron chi connectivity index (χ4n) is 1.81. The number of benzene rings is 1. The van der Waals surface area contributed by atoms with Crippen LogP contribution in [0.4, 0.5) is 0 Å².